The zero-order chi connectivity index (χ0) is 15.4. The Labute approximate surface area is 127 Å². The van der Waals surface area contributed by atoms with Gasteiger partial charge in [-0.2, -0.15) is 0 Å². The van der Waals surface area contributed by atoms with Crippen LogP contribution in [0.15, 0.2) is 67.0 Å². The van der Waals surface area contributed by atoms with E-state index in [0.29, 0.717) is 5.82 Å². The molecule has 0 saturated carbocycles. The molecule has 22 heavy (non-hydrogen) atoms. The van der Waals surface area contributed by atoms with E-state index in [9.17, 15) is 9.90 Å². The number of carbonyl (C=O) groups excluding carboxylic acids is 1. The average Bonchev–Trinajstić information content (AvgIpc) is 3.07. The predicted octanol–water partition coefficient (Wildman–Crippen LogP) is 3.68. The first-order chi connectivity index (χ1) is 10.7. The highest BCUT2D eigenvalue weighted by Crippen LogP contribution is 2.26. The summed E-state index contributed by atoms with van der Waals surface area (Å²) >= 11 is 0. The summed E-state index contributed by atoms with van der Waals surface area (Å²) in [5, 5.41) is 9.93. The third-order valence-electron chi connectivity index (χ3n) is 3.28. The third kappa shape index (κ3) is 2.96. The molecular formula is C18H14N2O2. The first-order valence-electron chi connectivity index (χ1n) is 6.84. The number of ketones is 1. The second-order valence-corrected chi connectivity index (χ2v) is 4.77. The minimum absolute atomic E-state index is 0.0335. The van der Waals surface area contributed by atoms with Gasteiger partial charge in [-0.25, -0.2) is 4.98 Å². The van der Waals surface area contributed by atoms with E-state index >= 15 is 0 Å². The normalized spacial score (nSPS) is 10.9. The highest BCUT2D eigenvalue weighted by atomic mass is 16.3. The van der Waals surface area contributed by atoms with Crippen LogP contribution in [0.1, 0.15) is 16.2 Å². The number of aromatic amines is 1. The maximum Gasteiger partial charge on any atom is 0.189 e. The van der Waals surface area contributed by atoms with Gasteiger partial charge in [0.25, 0.3) is 0 Å². The fourth-order valence-corrected chi connectivity index (χ4v) is 2.16. The monoisotopic (exact) mass is 290 g/mol. The van der Waals surface area contributed by atoms with E-state index in [1.807, 2.05) is 30.3 Å². The van der Waals surface area contributed by atoms with Gasteiger partial charge in [-0.15, -0.1) is 0 Å². The van der Waals surface area contributed by atoms with E-state index in [2.05, 4.69) is 9.97 Å². The molecule has 0 saturated heterocycles. The second kappa shape index (κ2) is 6.10. The number of rotatable bonds is 4. The molecule has 0 aliphatic heterocycles. The van der Waals surface area contributed by atoms with Crippen LogP contribution < -0.4 is 0 Å². The smallest absolute Gasteiger partial charge is 0.189 e. The van der Waals surface area contributed by atoms with E-state index in [1.54, 1.807) is 30.6 Å². The first-order valence-corrected chi connectivity index (χ1v) is 6.84. The lowest BCUT2D eigenvalue weighted by Crippen LogP contribution is -1.96. The number of H-pyrrole nitrogens is 1. The van der Waals surface area contributed by atoms with Crippen molar-refractivity contribution in [1.29, 1.82) is 0 Å². The molecule has 3 rings (SSSR count). The van der Waals surface area contributed by atoms with Crippen molar-refractivity contribution in [3.63, 3.8) is 0 Å². The number of nitrogens with one attached hydrogen (secondary N) is 1. The fourth-order valence-electron chi connectivity index (χ4n) is 2.16. The second-order valence-electron chi connectivity index (χ2n) is 4.77. The SMILES string of the molecule is O=C(/C=C/c1ncc[nH]1)c1cc(-c2ccccc2)ccc1O. The van der Waals surface area contributed by atoms with Gasteiger partial charge in [-0.3, -0.25) is 4.79 Å². The van der Waals surface area contributed by atoms with Crippen LogP contribution in [-0.2, 0) is 0 Å². The van der Waals surface area contributed by atoms with E-state index in [-0.39, 0.29) is 17.1 Å². The number of hydrogen-bond acceptors (Lipinski definition) is 3. The van der Waals surface area contributed by atoms with Crippen molar-refractivity contribution in [2.75, 3.05) is 0 Å². The van der Waals surface area contributed by atoms with Gasteiger partial charge in [-0.05, 0) is 35.4 Å². The van der Waals surface area contributed by atoms with Gasteiger partial charge in [0.05, 0.1) is 5.56 Å². The van der Waals surface area contributed by atoms with Gasteiger partial charge in [0.15, 0.2) is 5.78 Å². The van der Waals surface area contributed by atoms with E-state index in [4.69, 9.17) is 0 Å². The molecule has 0 aliphatic carbocycles. The molecule has 2 N–H and O–H groups in total. The molecule has 0 radical (unpaired) electrons. The lowest BCUT2D eigenvalue weighted by atomic mass is 10.0. The molecule has 0 atom stereocenters. The number of benzene rings is 2. The Morgan fingerprint density at radius 3 is 2.64 bits per heavy atom. The van der Waals surface area contributed by atoms with Crippen LogP contribution in [-0.4, -0.2) is 20.9 Å². The summed E-state index contributed by atoms with van der Waals surface area (Å²) in [5.74, 6) is 0.285. The van der Waals surface area contributed by atoms with Crippen LogP contribution in [0.3, 0.4) is 0 Å². The summed E-state index contributed by atoms with van der Waals surface area (Å²) in [6, 6.07) is 14.7. The molecule has 0 amide bonds. The van der Waals surface area contributed by atoms with Crippen LogP contribution in [0.5, 0.6) is 5.75 Å². The van der Waals surface area contributed by atoms with Crippen molar-refractivity contribution in [2.24, 2.45) is 0 Å². The van der Waals surface area contributed by atoms with Gasteiger partial charge in [0, 0.05) is 12.4 Å². The van der Waals surface area contributed by atoms with Gasteiger partial charge in [0.2, 0.25) is 0 Å². The van der Waals surface area contributed by atoms with Crippen LogP contribution in [0.25, 0.3) is 17.2 Å². The van der Waals surface area contributed by atoms with Crippen molar-refractivity contribution in [1.82, 2.24) is 9.97 Å². The summed E-state index contributed by atoms with van der Waals surface area (Å²) in [6.07, 6.45) is 6.26. The number of hydrogen-bond donors (Lipinski definition) is 2. The first kappa shape index (κ1) is 13.8. The molecule has 2 aromatic carbocycles. The lowest BCUT2D eigenvalue weighted by Gasteiger charge is -2.05. The van der Waals surface area contributed by atoms with Gasteiger partial charge >= 0.3 is 0 Å². The molecule has 4 heteroatoms. The van der Waals surface area contributed by atoms with Crippen molar-refractivity contribution in [2.45, 2.75) is 0 Å². The Balaban J connectivity index is 1.91. The Kier molecular flexibility index (Phi) is 3.83. The third-order valence-corrected chi connectivity index (χ3v) is 3.28. The van der Waals surface area contributed by atoms with Crippen LogP contribution in [0, 0.1) is 0 Å². The van der Waals surface area contributed by atoms with Crippen molar-refractivity contribution in [3.8, 4) is 16.9 Å². The number of aromatic hydroxyl groups is 1. The molecule has 3 aromatic rings. The molecule has 108 valence electrons. The molecule has 0 fully saturated rings. The minimum atomic E-state index is -0.272. The highest BCUT2D eigenvalue weighted by Gasteiger charge is 2.10. The molecule has 1 heterocycles. The zero-order valence-corrected chi connectivity index (χ0v) is 11.7. The summed E-state index contributed by atoms with van der Waals surface area (Å²) in [6.45, 7) is 0. The van der Waals surface area contributed by atoms with E-state index < -0.39 is 0 Å². The van der Waals surface area contributed by atoms with Gasteiger partial charge < -0.3 is 10.1 Å². The van der Waals surface area contributed by atoms with Crippen LogP contribution >= 0.6 is 0 Å². The highest BCUT2D eigenvalue weighted by molar-refractivity contribution is 6.09. The molecule has 0 spiro atoms. The van der Waals surface area contributed by atoms with Crippen molar-refractivity contribution >= 4 is 11.9 Å². The number of phenolic OH excluding ortho intramolecular Hbond substituents is 1. The summed E-state index contributed by atoms with van der Waals surface area (Å²) < 4.78 is 0. The Hall–Kier alpha value is -3.14. The maximum absolute atomic E-state index is 12.3. The predicted molar refractivity (Wildman–Crippen MR) is 85.5 cm³/mol. The van der Waals surface area contributed by atoms with E-state index in [1.165, 1.54) is 12.1 Å². The fraction of sp³-hybridized carbons (Fsp3) is 0. The molecular weight excluding hydrogens is 276 g/mol. The van der Waals surface area contributed by atoms with Crippen molar-refractivity contribution < 1.29 is 9.90 Å². The Morgan fingerprint density at radius 2 is 1.91 bits per heavy atom. The van der Waals surface area contributed by atoms with Crippen LogP contribution in [0.2, 0.25) is 0 Å². The average molecular weight is 290 g/mol. The standard InChI is InChI=1S/C18H14N2O2/c21-16-7-6-14(13-4-2-1-3-5-13)12-15(16)17(22)8-9-18-19-10-11-20-18/h1-12,21H,(H,19,20)/b9-8+. The van der Waals surface area contributed by atoms with Crippen molar-refractivity contribution in [3.05, 3.63) is 78.4 Å². The number of carbonyl (C=O) groups is 1. The largest absolute Gasteiger partial charge is 0.507 e. The number of imidazole rings is 1. The van der Waals surface area contributed by atoms with Gasteiger partial charge in [0.1, 0.15) is 11.6 Å². The number of allylic oxidation sites excluding steroid dienone is 1. The minimum Gasteiger partial charge on any atom is -0.507 e. The van der Waals surface area contributed by atoms with Crippen LogP contribution in [0.4, 0.5) is 0 Å². The number of aromatic nitrogens is 2. The lowest BCUT2D eigenvalue weighted by molar-refractivity contribution is 0.104. The molecule has 0 bridgehead atoms. The summed E-state index contributed by atoms with van der Waals surface area (Å²) in [5.41, 5.74) is 2.14. The molecule has 0 aliphatic rings. The zero-order valence-electron chi connectivity index (χ0n) is 11.7. The summed E-state index contributed by atoms with van der Waals surface area (Å²) in [4.78, 5) is 19.2. The molecule has 4 nitrogen and oxygen atoms in total. The molecule has 0 unspecified atom stereocenters. The Morgan fingerprint density at radius 1 is 1.09 bits per heavy atom. The maximum atomic E-state index is 12.3. The summed E-state index contributed by atoms with van der Waals surface area (Å²) in [7, 11) is 0. The van der Waals surface area contributed by atoms with E-state index in [0.717, 1.165) is 11.1 Å². The quantitative estimate of drug-likeness (QED) is 0.569. The Bertz CT molecular complexity index is 806. The topological polar surface area (TPSA) is 66.0 Å². The molecule has 1 aromatic heterocycles. The number of phenols is 1. The van der Waals surface area contributed by atoms with Gasteiger partial charge in [-0.1, -0.05) is 36.4 Å². The number of nitrogens with zero attached hydrogens (tertiary/aromatic N) is 1.